The van der Waals surface area contributed by atoms with E-state index in [9.17, 15) is 31.1 Å². The number of nitrogens with one attached hydrogen (secondary N) is 1. The van der Waals surface area contributed by atoms with Gasteiger partial charge in [0.15, 0.2) is 11.4 Å². The van der Waals surface area contributed by atoms with Crippen molar-refractivity contribution in [1.29, 1.82) is 0 Å². The minimum atomic E-state index is -5.02. The van der Waals surface area contributed by atoms with E-state index in [0.29, 0.717) is 26.5 Å². The number of benzene rings is 2. The van der Waals surface area contributed by atoms with Crippen molar-refractivity contribution in [1.82, 2.24) is 15.1 Å². The molecule has 1 heterocycles. The molecule has 0 aliphatic rings. The van der Waals surface area contributed by atoms with Crippen LogP contribution in [0.3, 0.4) is 0 Å². The molecule has 0 saturated heterocycles. The molecule has 6 nitrogen and oxygen atoms in total. The summed E-state index contributed by atoms with van der Waals surface area (Å²) in [6.45, 7) is -0.0432. The molecule has 1 N–H and O–H groups in total. The zero-order valence-electron chi connectivity index (χ0n) is 16.7. The molecule has 0 radical (unpaired) electrons. The summed E-state index contributed by atoms with van der Waals surface area (Å²) in [6.07, 6.45) is -10.3. The Labute approximate surface area is 198 Å². The molecule has 0 fully saturated rings. The minimum absolute atomic E-state index is 0.0432. The van der Waals surface area contributed by atoms with Crippen LogP contribution in [-0.2, 0) is 12.6 Å². The van der Waals surface area contributed by atoms with Gasteiger partial charge in [-0.2, -0.15) is 18.3 Å². The van der Waals surface area contributed by atoms with Gasteiger partial charge in [-0.05, 0) is 48.4 Å². The van der Waals surface area contributed by atoms with E-state index in [1.165, 1.54) is 0 Å². The molecular weight excluding hydrogens is 515 g/mol. The lowest BCUT2D eigenvalue weighted by molar-refractivity contribution is -0.274. The van der Waals surface area contributed by atoms with Crippen LogP contribution >= 0.6 is 23.2 Å². The highest BCUT2D eigenvalue weighted by Crippen LogP contribution is 2.38. The third-order valence-electron chi connectivity index (χ3n) is 4.23. The van der Waals surface area contributed by atoms with Crippen molar-refractivity contribution in [3.8, 4) is 17.2 Å². The van der Waals surface area contributed by atoms with Gasteiger partial charge in [0.25, 0.3) is 0 Å². The summed E-state index contributed by atoms with van der Waals surface area (Å²) < 4.78 is 86.7. The minimum Gasteiger partial charge on any atom is -0.406 e. The Balaban J connectivity index is 1.73. The van der Waals surface area contributed by atoms with Crippen LogP contribution in [0.5, 0.6) is 11.5 Å². The van der Waals surface area contributed by atoms with Gasteiger partial charge < -0.3 is 14.8 Å². The van der Waals surface area contributed by atoms with Gasteiger partial charge in [-0.15, -0.1) is 13.2 Å². The summed E-state index contributed by atoms with van der Waals surface area (Å²) in [5.74, 6) is -1.54. The first-order valence-electron chi connectivity index (χ1n) is 9.25. The van der Waals surface area contributed by atoms with E-state index in [0.717, 1.165) is 24.3 Å². The number of carbonyl (C=O) groups excluding carboxylic acids is 1. The zero-order chi connectivity index (χ0) is 25.1. The van der Waals surface area contributed by atoms with Crippen LogP contribution in [-0.4, -0.2) is 28.8 Å². The van der Waals surface area contributed by atoms with Gasteiger partial charge in [-0.1, -0.05) is 29.3 Å². The van der Waals surface area contributed by atoms with Crippen molar-refractivity contribution in [3.05, 3.63) is 70.0 Å². The smallest absolute Gasteiger partial charge is 0.406 e. The van der Waals surface area contributed by atoms with Gasteiger partial charge in [0.05, 0.1) is 11.9 Å². The van der Waals surface area contributed by atoms with Gasteiger partial charge in [0.2, 0.25) is 0 Å². The predicted octanol–water partition coefficient (Wildman–Crippen LogP) is 6.43. The fourth-order valence-corrected chi connectivity index (χ4v) is 3.44. The molecule has 0 bridgehead atoms. The molecule has 0 unspecified atom stereocenters. The Hall–Kier alpha value is -3.12. The average molecular weight is 528 g/mol. The van der Waals surface area contributed by atoms with Crippen molar-refractivity contribution in [2.24, 2.45) is 0 Å². The normalized spacial score (nSPS) is 11.9. The number of ether oxygens (including phenoxy) is 2. The summed E-state index contributed by atoms with van der Waals surface area (Å²) in [5.41, 5.74) is -1.15. The molecule has 1 aromatic heterocycles. The van der Waals surface area contributed by atoms with Crippen LogP contribution < -0.4 is 14.8 Å². The molecule has 2 aromatic carbocycles. The number of alkyl halides is 6. The Morgan fingerprint density at radius 3 is 2.18 bits per heavy atom. The van der Waals surface area contributed by atoms with Crippen LogP contribution in [0.2, 0.25) is 10.0 Å². The van der Waals surface area contributed by atoms with E-state index < -0.39 is 35.8 Å². The van der Waals surface area contributed by atoms with Crippen LogP contribution in [0.4, 0.5) is 31.1 Å². The first kappa shape index (κ1) is 25.5. The van der Waals surface area contributed by atoms with Gasteiger partial charge in [-0.3, -0.25) is 0 Å². The third-order valence-corrected chi connectivity index (χ3v) is 4.94. The highest BCUT2D eigenvalue weighted by Gasteiger charge is 2.40. The van der Waals surface area contributed by atoms with Crippen molar-refractivity contribution >= 4 is 29.3 Å². The van der Waals surface area contributed by atoms with Gasteiger partial charge in [0, 0.05) is 16.6 Å². The fraction of sp³-hybridized carbons (Fsp3) is 0.200. The van der Waals surface area contributed by atoms with Crippen molar-refractivity contribution in [2.75, 3.05) is 6.54 Å². The Bertz CT molecular complexity index is 1140. The molecular formula is C20H13Cl2F6N3O3. The number of rotatable bonds is 6. The second-order valence-electron chi connectivity index (χ2n) is 6.58. The summed E-state index contributed by atoms with van der Waals surface area (Å²) in [5, 5.41) is 6.55. The topological polar surface area (TPSA) is 65.4 Å². The lowest BCUT2D eigenvalue weighted by atomic mass is 10.1. The van der Waals surface area contributed by atoms with Gasteiger partial charge in [-0.25, -0.2) is 9.48 Å². The number of aromatic nitrogens is 2. The first-order valence-corrected chi connectivity index (χ1v) is 10.0. The van der Waals surface area contributed by atoms with Crippen LogP contribution in [0, 0.1) is 0 Å². The number of hydrogen-bond donors (Lipinski definition) is 1. The summed E-state index contributed by atoms with van der Waals surface area (Å²) in [4.78, 5) is 12.0. The monoisotopic (exact) mass is 527 g/mol. The number of hydrogen-bond acceptors (Lipinski definition) is 4. The maximum atomic E-state index is 13.7. The molecule has 14 heteroatoms. The quantitative estimate of drug-likeness (QED) is 0.375. The standard InChI is InChI=1S/C20H13Cl2F6N3O3/c21-14-2-1-3-15(22)13(14)8-9-29-18(32)33-16-10-30-31(17(16)19(23,24)25)11-4-6-12(7-5-11)34-20(26,27)28/h1-7,10H,8-9H2,(H,29,32). The lowest BCUT2D eigenvalue weighted by Crippen LogP contribution is -2.29. The highest BCUT2D eigenvalue weighted by molar-refractivity contribution is 6.36. The Morgan fingerprint density at radius 1 is 1.00 bits per heavy atom. The maximum absolute atomic E-state index is 13.7. The molecule has 182 valence electrons. The largest absolute Gasteiger partial charge is 0.573 e. The molecule has 34 heavy (non-hydrogen) atoms. The van der Waals surface area contributed by atoms with Crippen molar-refractivity contribution in [3.63, 3.8) is 0 Å². The number of nitrogens with zero attached hydrogens (tertiary/aromatic N) is 2. The van der Waals surface area contributed by atoms with Gasteiger partial charge >= 0.3 is 18.6 Å². The SMILES string of the molecule is O=C(NCCc1c(Cl)cccc1Cl)Oc1cnn(-c2ccc(OC(F)(F)F)cc2)c1C(F)(F)F. The Kier molecular flexibility index (Phi) is 7.51. The second kappa shape index (κ2) is 10.0. The van der Waals surface area contributed by atoms with Crippen LogP contribution in [0.1, 0.15) is 11.3 Å². The summed E-state index contributed by atoms with van der Waals surface area (Å²) in [7, 11) is 0. The molecule has 0 saturated carbocycles. The molecule has 0 spiro atoms. The highest BCUT2D eigenvalue weighted by atomic mass is 35.5. The van der Waals surface area contributed by atoms with E-state index >= 15 is 0 Å². The average Bonchev–Trinajstić information content (AvgIpc) is 3.13. The van der Waals surface area contributed by atoms with E-state index in [2.05, 4.69) is 15.2 Å². The van der Waals surface area contributed by atoms with E-state index in [4.69, 9.17) is 27.9 Å². The van der Waals surface area contributed by atoms with E-state index in [1.807, 2.05) is 0 Å². The molecule has 0 aliphatic heterocycles. The van der Waals surface area contributed by atoms with Gasteiger partial charge in [0.1, 0.15) is 5.75 Å². The molecule has 0 aliphatic carbocycles. The molecule has 3 rings (SSSR count). The van der Waals surface area contributed by atoms with E-state index in [1.54, 1.807) is 18.2 Å². The Morgan fingerprint density at radius 2 is 1.62 bits per heavy atom. The molecule has 3 aromatic rings. The van der Waals surface area contributed by atoms with Crippen LogP contribution in [0.15, 0.2) is 48.7 Å². The maximum Gasteiger partial charge on any atom is 0.573 e. The zero-order valence-corrected chi connectivity index (χ0v) is 18.2. The number of halogens is 8. The first-order chi connectivity index (χ1) is 15.8. The lowest BCUT2D eigenvalue weighted by Gasteiger charge is -2.14. The second-order valence-corrected chi connectivity index (χ2v) is 7.39. The summed E-state index contributed by atoms with van der Waals surface area (Å²) >= 11 is 12.0. The summed E-state index contributed by atoms with van der Waals surface area (Å²) in [6, 6.07) is 8.30. The molecule has 0 atom stereocenters. The van der Waals surface area contributed by atoms with Crippen LogP contribution in [0.25, 0.3) is 5.69 Å². The molecule has 1 amide bonds. The number of amides is 1. The third kappa shape index (κ3) is 6.48. The fourth-order valence-electron chi connectivity index (χ4n) is 2.85. The predicted molar refractivity (Wildman–Crippen MR) is 109 cm³/mol. The number of carbonyl (C=O) groups is 1. The van der Waals surface area contributed by atoms with Crippen molar-refractivity contribution in [2.45, 2.75) is 19.0 Å². The van der Waals surface area contributed by atoms with Crippen molar-refractivity contribution < 1.29 is 40.6 Å². The van der Waals surface area contributed by atoms with E-state index in [-0.39, 0.29) is 18.7 Å².